The minimum atomic E-state index is -0.833. The summed E-state index contributed by atoms with van der Waals surface area (Å²) in [5, 5.41) is 0. The van der Waals surface area contributed by atoms with Gasteiger partial charge in [0.15, 0.2) is 0 Å². The Bertz CT molecular complexity index is 17.1. The number of rotatable bonds is 0. The van der Waals surface area contributed by atoms with Crippen LogP contribution >= 0.6 is 8.69 Å². The molecular formula is CH4NaO2P. The predicted molar refractivity (Wildman–Crippen MR) is 16.2 cm³/mol. The summed E-state index contributed by atoms with van der Waals surface area (Å²) < 4.78 is 8.46. The smallest absolute Gasteiger partial charge is 0.358 e. The van der Waals surface area contributed by atoms with Crippen molar-refractivity contribution >= 4 is 8.69 Å². The molecule has 0 aliphatic rings. The molecule has 0 saturated carbocycles. The van der Waals surface area contributed by atoms with E-state index in [9.17, 15) is 0 Å². The molecule has 0 aromatic heterocycles. The number of hydrogen-bond donors (Lipinski definition) is 1. The topological polar surface area (TPSA) is 37.3 Å². The zero-order valence-electron chi connectivity index (χ0n) is 3.30. The second-order valence-electron chi connectivity index (χ2n) is 0.0816. The van der Waals surface area contributed by atoms with E-state index in [2.05, 4.69) is 0 Å². The summed E-state index contributed by atoms with van der Waals surface area (Å²) in [4.78, 5) is 6.99. The molecule has 4 heteroatoms. The van der Waals surface area contributed by atoms with Crippen LogP contribution < -0.4 is 29.6 Å². The summed E-state index contributed by atoms with van der Waals surface area (Å²) in [6.07, 6.45) is 0. The van der Waals surface area contributed by atoms with Crippen molar-refractivity contribution in [1.29, 1.82) is 0 Å². The van der Waals surface area contributed by atoms with Gasteiger partial charge in [-0.25, -0.2) is 4.57 Å². The van der Waals surface area contributed by atoms with Crippen molar-refractivity contribution in [3.05, 3.63) is 7.43 Å². The van der Waals surface area contributed by atoms with Gasteiger partial charge in [0.05, 0.1) is 0 Å². The van der Waals surface area contributed by atoms with Crippen LogP contribution in [-0.4, -0.2) is 4.89 Å². The van der Waals surface area contributed by atoms with E-state index >= 15 is 0 Å². The van der Waals surface area contributed by atoms with E-state index in [1.165, 1.54) is 0 Å². The molecule has 1 N–H and O–H groups in total. The third-order valence-corrected chi connectivity index (χ3v) is 0. The normalized spacial score (nSPS) is 4.20. The summed E-state index contributed by atoms with van der Waals surface area (Å²) in [5.74, 6) is 0. The molecule has 0 aromatic rings. The van der Waals surface area contributed by atoms with Gasteiger partial charge in [-0.1, -0.05) is 0 Å². The van der Waals surface area contributed by atoms with Gasteiger partial charge >= 0.3 is 38.2 Å². The molecular weight excluding hydrogens is 98.0 g/mol. The quantitative estimate of drug-likeness (QED) is 0.211. The van der Waals surface area contributed by atoms with Crippen molar-refractivity contribution in [3.63, 3.8) is 0 Å². The van der Waals surface area contributed by atoms with Crippen molar-refractivity contribution in [3.8, 4) is 0 Å². The summed E-state index contributed by atoms with van der Waals surface area (Å²) in [6, 6.07) is 0. The fourth-order valence-electron chi connectivity index (χ4n) is 0. The van der Waals surface area contributed by atoms with E-state index in [0.29, 0.717) is 0 Å². The largest absolute Gasteiger partial charge is 1.00 e. The van der Waals surface area contributed by atoms with Crippen molar-refractivity contribution in [1.82, 2.24) is 0 Å². The van der Waals surface area contributed by atoms with Gasteiger partial charge in [0.2, 0.25) is 0 Å². The van der Waals surface area contributed by atoms with Gasteiger partial charge < -0.3 is 12.3 Å². The molecule has 0 atom stereocenters. The summed E-state index contributed by atoms with van der Waals surface area (Å²) in [7, 11) is -0.833. The molecule has 0 rings (SSSR count). The zero-order valence-corrected chi connectivity index (χ0v) is 6.20. The second-order valence-corrected chi connectivity index (χ2v) is 0.245. The average molecular weight is 102 g/mol. The van der Waals surface area contributed by atoms with Gasteiger partial charge in [0.25, 0.3) is 0 Å². The molecule has 0 radical (unpaired) electrons. The SMILES string of the molecule is O=PO.[CH3-].[Na+]. The maximum atomic E-state index is 8.46. The van der Waals surface area contributed by atoms with Crippen LogP contribution in [0.1, 0.15) is 0 Å². The Morgan fingerprint density at radius 3 is 1.60 bits per heavy atom. The molecule has 2 nitrogen and oxygen atoms in total. The molecule has 0 spiro atoms. The standard InChI is InChI=1S/CH3.Na.HO2P/c;;1-3-2/h1H3;;(H,1,2)/q-1;+1;. The Morgan fingerprint density at radius 2 is 1.60 bits per heavy atom. The Kier molecular flexibility index (Phi) is 65.1. The van der Waals surface area contributed by atoms with E-state index < -0.39 is 8.69 Å². The summed E-state index contributed by atoms with van der Waals surface area (Å²) >= 11 is 0. The predicted octanol–water partition coefficient (Wildman–Crippen LogP) is -2.36. The summed E-state index contributed by atoms with van der Waals surface area (Å²) in [5.41, 5.74) is 0. The second kappa shape index (κ2) is 19.7. The first kappa shape index (κ1) is 16.6. The third kappa shape index (κ3) is 42.2. The molecule has 26 valence electrons. The Hall–Kier alpha value is 1.06. The van der Waals surface area contributed by atoms with E-state index in [4.69, 9.17) is 9.46 Å². The molecule has 0 fully saturated rings. The summed E-state index contributed by atoms with van der Waals surface area (Å²) in [6.45, 7) is 0. The molecule has 5 heavy (non-hydrogen) atoms. The van der Waals surface area contributed by atoms with Crippen LogP contribution in [0.15, 0.2) is 0 Å². The van der Waals surface area contributed by atoms with Gasteiger partial charge in [-0.15, -0.1) is 0 Å². The van der Waals surface area contributed by atoms with Crippen molar-refractivity contribution in [2.75, 3.05) is 0 Å². The van der Waals surface area contributed by atoms with Gasteiger partial charge in [0, 0.05) is 0 Å². The van der Waals surface area contributed by atoms with Crippen LogP contribution in [0.2, 0.25) is 0 Å². The average Bonchev–Trinajstić information content (AvgIpc) is 0.918. The van der Waals surface area contributed by atoms with Gasteiger partial charge in [-0.3, -0.25) is 0 Å². The first-order chi connectivity index (χ1) is 1.41. The first-order valence-electron chi connectivity index (χ1n) is 0.383. The fraction of sp³-hybridized carbons (Fsp3) is 0. The van der Waals surface area contributed by atoms with Crippen LogP contribution in [0.25, 0.3) is 0 Å². The van der Waals surface area contributed by atoms with Crippen molar-refractivity contribution < 1.29 is 39.0 Å². The molecule has 0 aliphatic carbocycles. The minimum Gasteiger partial charge on any atom is -0.358 e. The Labute approximate surface area is 55.2 Å². The van der Waals surface area contributed by atoms with Gasteiger partial charge in [-0.2, -0.15) is 0 Å². The minimum absolute atomic E-state index is 0. The molecule has 0 heterocycles. The molecule has 0 amide bonds. The van der Waals surface area contributed by atoms with Crippen LogP contribution in [0.3, 0.4) is 0 Å². The van der Waals surface area contributed by atoms with E-state index in [-0.39, 0.29) is 37.0 Å². The molecule has 0 unspecified atom stereocenters. The maximum Gasteiger partial charge on any atom is 1.00 e. The monoisotopic (exact) mass is 102 g/mol. The van der Waals surface area contributed by atoms with Crippen molar-refractivity contribution in [2.45, 2.75) is 0 Å². The van der Waals surface area contributed by atoms with Crippen LogP contribution in [0.5, 0.6) is 0 Å². The molecule has 0 bridgehead atoms. The van der Waals surface area contributed by atoms with Crippen LogP contribution in [0.4, 0.5) is 0 Å². The first-order valence-corrected chi connectivity index (χ1v) is 1.15. The van der Waals surface area contributed by atoms with Crippen LogP contribution in [-0.2, 0) is 4.57 Å². The van der Waals surface area contributed by atoms with E-state index in [1.54, 1.807) is 0 Å². The third-order valence-electron chi connectivity index (χ3n) is 0. The van der Waals surface area contributed by atoms with Gasteiger partial charge in [0.1, 0.15) is 0 Å². The zero-order chi connectivity index (χ0) is 2.71. The van der Waals surface area contributed by atoms with Gasteiger partial charge in [-0.05, 0) is 0 Å². The Morgan fingerprint density at radius 1 is 1.60 bits per heavy atom. The van der Waals surface area contributed by atoms with Crippen LogP contribution in [0, 0.1) is 7.43 Å². The molecule has 0 saturated heterocycles. The Balaban J connectivity index is -0.0000000200. The molecule has 0 aromatic carbocycles. The molecule has 0 aliphatic heterocycles. The van der Waals surface area contributed by atoms with E-state index in [1.807, 2.05) is 0 Å². The fourth-order valence-corrected chi connectivity index (χ4v) is 0. The van der Waals surface area contributed by atoms with E-state index in [0.717, 1.165) is 0 Å². The maximum absolute atomic E-state index is 8.46. The number of hydrogen-bond acceptors (Lipinski definition) is 1. The van der Waals surface area contributed by atoms with Crippen molar-refractivity contribution in [2.24, 2.45) is 0 Å².